The van der Waals surface area contributed by atoms with Gasteiger partial charge >= 0.3 is 0 Å². The molecule has 1 aromatic heterocycles. The molecule has 2 rings (SSSR count). The van der Waals surface area contributed by atoms with Gasteiger partial charge in [-0.1, -0.05) is 18.2 Å². The second-order valence-electron chi connectivity index (χ2n) is 4.15. The third-order valence-electron chi connectivity index (χ3n) is 2.98. The summed E-state index contributed by atoms with van der Waals surface area (Å²) in [5.74, 6) is 0. The van der Waals surface area contributed by atoms with Crippen molar-refractivity contribution in [3.8, 4) is 0 Å². The van der Waals surface area contributed by atoms with Gasteiger partial charge in [-0.15, -0.1) is 0 Å². The quantitative estimate of drug-likeness (QED) is 0.820. The minimum atomic E-state index is 0.108. The Labute approximate surface area is 95.5 Å². The number of para-hydroxylation sites is 1. The van der Waals surface area contributed by atoms with Crippen LogP contribution in [-0.4, -0.2) is 22.8 Å². The number of nitrogens with zero attached hydrogens (tertiary/aromatic N) is 1. The van der Waals surface area contributed by atoms with Gasteiger partial charge in [0, 0.05) is 17.1 Å². The predicted octanol–water partition coefficient (Wildman–Crippen LogP) is 1.70. The van der Waals surface area contributed by atoms with Crippen molar-refractivity contribution in [3.63, 3.8) is 0 Å². The standard InChI is InChI=1S/C13H18N2O/c1-10(9-16)15-8-11(6-7-14)12-4-2-3-5-13(12)15/h2-5,8,10,16H,6-7,9,14H2,1H3. The van der Waals surface area contributed by atoms with Gasteiger partial charge in [-0.3, -0.25) is 0 Å². The van der Waals surface area contributed by atoms with Gasteiger partial charge in [-0.05, 0) is 31.5 Å². The van der Waals surface area contributed by atoms with Crippen molar-refractivity contribution in [1.82, 2.24) is 4.57 Å². The summed E-state index contributed by atoms with van der Waals surface area (Å²) in [4.78, 5) is 0. The van der Waals surface area contributed by atoms with E-state index in [0.717, 1.165) is 6.42 Å². The molecule has 0 aliphatic rings. The van der Waals surface area contributed by atoms with Crippen LogP contribution in [0.1, 0.15) is 18.5 Å². The largest absolute Gasteiger partial charge is 0.394 e. The van der Waals surface area contributed by atoms with Crippen molar-refractivity contribution in [2.75, 3.05) is 13.2 Å². The first kappa shape index (κ1) is 11.2. The van der Waals surface area contributed by atoms with E-state index in [1.54, 1.807) is 0 Å². The Kier molecular flexibility index (Phi) is 3.27. The predicted molar refractivity (Wildman–Crippen MR) is 66.5 cm³/mol. The summed E-state index contributed by atoms with van der Waals surface area (Å²) in [6.45, 7) is 2.82. The Balaban J connectivity index is 2.57. The Hall–Kier alpha value is -1.32. The van der Waals surface area contributed by atoms with Crippen molar-refractivity contribution in [2.45, 2.75) is 19.4 Å². The molecular formula is C13H18N2O. The van der Waals surface area contributed by atoms with E-state index in [1.807, 2.05) is 19.1 Å². The average molecular weight is 218 g/mol. The third kappa shape index (κ3) is 1.84. The van der Waals surface area contributed by atoms with Crippen LogP contribution in [0.25, 0.3) is 10.9 Å². The van der Waals surface area contributed by atoms with Crippen LogP contribution in [0.2, 0.25) is 0 Å². The number of nitrogens with two attached hydrogens (primary N) is 1. The summed E-state index contributed by atoms with van der Waals surface area (Å²) in [5.41, 5.74) is 8.05. The number of fused-ring (bicyclic) bond motifs is 1. The van der Waals surface area contributed by atoms with Gasteiger partial charge < -0.3 is 15.4 Å². The molecule has 0 spiro atoms. The lowest BCUT2D eigenvalue weighted by Gasteiger charge is -2.11. The zero-order chi connectivity index (χ0) is 11.5. The zero-order valence-corrected chi connectivity index (χ0v) is 9.56. The second-order valence-corrected chi connectivity index (χ2v) is 4.15. The fourth-order valence-electron chi connectivity index (χ4n) is 2.08. The highest BCUT2D eigenvalue weighted by Crippen LogP contribution is 2.24. The fourth-order valence-corrected chi connectivity index (χ4v) is 2.08. The molecule has 0 fully saturated rings. The van der Waals surface area contributed by atoms with Gasteiger partial charge in [0.05, 0.1) is 12.6 Å². The van der Waals surface area contributed by atoms with E-state index in [9.17, 15) is 5.11 Å². The highest BCUT2D eigenvalue weighted by Gasteiger charge is 2.11. The van der Waals surface area contributed by atoms with E-state index in [4.69, 9.17) is 5.73 Å². The molecule has 1 aromatic carbocycles. The van der Waals surface area contributed by atoms with Crippen LogP contribution in [0, 0.1) is 0 Å². The van der Waals surface area contributed by atoms with E-state index >= 15 is 0 Å². The Morgan fingerprint density at radius 2 is 2.12 bits per heavy atom. The number of rotatable bonds is 4. The Bertz CT molecular complexity index is 476. The number of aliphatic hydroxyl groups excluding tert-OH is 1. The molecule has 3 N–H and O–H groups in total. The number of hydrogen-bond acceptors (Lipinski definition) is 2. The molecule has 1 unspecified atom stereocenters. The van der Waals surface area contributed by atoms with E-state index in [2.05, 4.69) is 22.9 Å². The van der Waals surface area contributed by atoms with E-state index in [1.165, 1.54) is 16.5 Å². The van der Waals surface area contributed by atoms with Crippen molar-refractivity contribution in [1.29, 1.82) is 0 Å². The Morgan fingerprint density at radius 3 is 2.81 bits per heavy atom. The van der Waals surface area contributed by atoms with Crippen LogP contribution in [0.5, 0.6) is 0 Å². The maximum absolute atomic E-state index is 9.24. The fraction of sp³-hybridized carbons (Fsp3) is 0.385. The molecular weight excluding hydrogens is 200 g/mol. The van der Waals surface area contributed by atoms with Crippen LogP contribution in [-0.2, 0) is 6.42 Å². The van der Waals surface area contributed by atoms with Crippen LogP contribution >= 0.6 is 0 Å². The number of hydrogen-bond donors (Lipinski definition) is 2. The lowest BCUT2D eigenvalue weighted by molar-refractivity contribution is 0.241. The maximum atomic E-state index is 9.24. The summed E-state index contributed by atoms with van der Waals surface area (Å²) in [5, 5.41) is 10.5. The summed E-state index contributed by atoms with van der Waals surface area (Å²) >= 11 is 0. The lowest BCUT2D eigenvalue weighted by Crippen LogP contribution is -2.08. The molecule has 16 heavy (non-hydrogen) atoms. The maximum Gasteiger partial charge on any atom is 0.0636 e. The molecule has 1 heterocycles. The minimum absolute atomic E-state index is 0.108. The minimum Gasteiger partial charge on any atom is -0.394 e. The topological polar surface area (TPSA) is 51.2 Å². The van der Waals surface area contributed by atoms with Gasteiger partial charge in [0.25, 0.3) is 0 Å². The van der Waals surface area contributed by atoms with Gasteiger partial charge in [0.2, 0.25) is 0 Å². The van der Waals surface area contributed by atoms with Crippen molar-refractivity contribution in [3.05, 3.63) is 36.0 Å². The highest BCUT2D eigenvalue weighted by atomic mass is 16.3. The van der Waals surface area contributed by atoms with Gasteiger partial charge in [0.15, 0.2) is 0 Å². The lowest BCUT2D eigenvalue weighted by atomic mass is 10.1. The summed E-state index contributed by atoms with van der Waals surface area (Å²) in [6.07, 6.45) is 2.99. The SMILES string of the molecule is CC(CO)n1cc(CCN)c2ccccc21. The van der Waals surface area contributed by atoms with Crippen LogP contribution in [0.15, 0.2) is 30.5 Å². The average Bonchev–Trinajstić information content (AvgIpc) is 2.68. The molecule has 3 nitrogen and oxygen atoms in total. The third-order valence-corrected chi connectivity index (χ3v) is 2.98. The first-order valence-electron chi connectivity index (χ1n) is 5.67. The number of aromatic nitrogens is 1. The first-order valence-corrected chi connectivity index (χ1v) is 5.67. The molecule has 0 saturated heterocycles. The molecule has 0 radical (unpaired) electrons. The van der Waals surface area contributed by atoms with Gasteiger partial charge in [-0.2, -0.15) is 0 Å². The molecule has 0 amide bonds. The van der Waals surface area contributed by atoms with Crippen LogP contribution in [0.3, 0.4) is 0 Å². The molecule has 2 aromatic rings. The molecule has 3 heteroatoms. The molecule has 86 valence electrons. The van der Waals surface area contributed by atoms with Crippen molar-refractivity contribution >= 4 is 10.9 Å². The van der Waals surface area contributed by atoms with Crippen molar-refractivity contribution < 1.29 is 5.11 Å². The molecule has 0 aliphatic heterocycles. The number of aliphatic hydroxyl groups is 1. The van der Waals surface area contributed by atoms with E-state index in [-0.39, 0.29) is 12.6 Å². The summed E-state index contributed by atoms with van der Waals surface area (Å²) in [7, 11) is 0. The second kappa shape index (κ2) is 4.68. The van der Waals surface area contributed by atoms with Gasteiger partial charge in [-0.25, -0.2) is 0 Å². The molecule has 0 bridgehead atoms. The van der Waals surface area contributed by atoms with Crippen LogP contribution < -0.4 is 5.73 Å². The monoisotopic (exact) mass is 218 g/mol. The molecule has 0 saturated carbocycles. The highest BCUT2D eigenvalue weighted by molar-refractivity contribution is 5.84. The van der Waals surface area contributed by atoms with Crippen LogP contribution in [0.4, 0.5) is 0 Å². The van der Waals surface area contributed by atoms with E-state index < -0.39 is 0 Å². The van der Waals surface area contributed by atoms with Gasteiger partial charge in [0.1, 0.15) is 0 Å². The first-order chi connectivity index (χ1) is 7.77. The normalized spacial score (nSPS) is 13.2. The summed E-state index contributed by atoms with van der Waals surface area (Å²) < 4.78 is 2.13. The van der Waals surface area contributed by atoms with Crippen molar-refractivity contribution in [2.24, 2.45) is 5.73 Å². The molecule has 0 aliphatic carbocycles. The Morgan fingerprint density at radius 1 is 1.38 bits per heavy atom. The summed E-state index contributed by atoms with van der Waals surface area (Å²) in [6, 6.07) is 8.37. The molecule has 1 atom stereocenters. The zero-order valence-electron chi connectivity index (χ0n) is 9.56. The smallest absolute Gasteiger partial charge is 0.0636 e. The number of benzene rings is 1. The van der Waals surface area contributed by atoms with E-state index in [0.29, 0.717) is 6.54 Å².